The van der Waals surface area contributed by atoms with E-state index in [1.165, 1.54) is 17.6 Å². The van der Waals surface area contributed by atoms with Gasteiger partial charge in [0, 0.05) is 23.7 Å². The van der Waals surface area contributed by atoms with E-state index in [1.807, 2.05) is 38.1 Å². The molecule has 10 heteroatoms. The Morgan fingerprint density at radius 2 is 1.91 bits per heavy atom. The molecule has 1 atom stereocenters. The van der Waals surface area contributed by atoms with Gasteiger partial charge in [-0.05, 0) is 32.4 Å². The Kier molecular flexibility index (Phi) is 7.02. The van der Waals surface area contributed by atoms with Crippen molar-refractivity contribution in [3.05, 3.63) is 65.2 Å². The van der Waals surface area contributed by atoms with Crippen LogP contribution in [-0.2, 0) is 21.2 Å². The van der Waals surface area contributed by atoms with Crippen molar-refractivity contribution in [2.24, 2.45) is 0 Å². The van der Waals surface area contributed by atoms with E-state index in [2.05, 4.69) is 15.5 Å². The number of hydrogen-bond acceptors (Lipinski definition) is 5. The van der Waals surface area contributed by atoms with Crippen LogP contribution in [-0.4, -0.2) is 34.8 Å². The minimum Gasteiger partial charge on any atom is -0.349 e. The minimum atomic E-state index is -4.13. The van der Waals surface area contributed by atoms with Crippen LogP contribution in [0.25, 0.3) is 11.4 Å². The van der Waals surface area contributed by atoms with E-state index >= 15 is 0 Å². The first-order valence-corrected chi connectivity index (χ1v) is 11.7. The molecule has 0 saturated carbocycles. The number of aryl methyl sites for hydroxylation is 1. The molecule has 0 radical (unpaired) electrons. The largest absolute Gasteiger partial charge is 0.349 e. The van der Waals surface area contributed by atoms with Gasteiger partial charge in [-0.15, -0.1) is 10.2 Å². The molecule has 1 N–H and O–H groups in total. The second-order valence-corrected chi connectivity index (χ2v) is 9.42. The minimum absolute atomic E-state index is 0.0491. The van der Waals surface area contributed by atoms with Gasteiger partial charge in [-0.2, -0.15) is 0 Å². The average molecular weight is 463 g/mol. The van der Waals surface area contributed by atoms with Crippen molar-refractivity contribution in [3.8, 4) is 11.4 Å². The number of amides is 1. The Balaban J connectivity index is 1.83. The molecule has 0 aliphatic rings. The number of halogens is 2. The van der Waals surface area contributed by atoms with Gasteiger partial charge in [0.05, 0.1) is 6.04 Å². The smallest absolute Gasteiger partial charge is 0.250 e. The Bertz CT molecular complexity index is 1240. The highest BCUT2D eigenvalue weighted by atomic mass is 32.2. The van der Waals surface area contributed by atoms with Crippen LogP contribution < -0.4 is 5.32 Å². The third kappa shape index (κ3) is 5.18. The Morgan fingerprint density at radius 1 is 1.16 bits per heavy atom. The molecule has 0 fully saturated rings. The van der Waals surface area contributed by atoms with Gasteiger partial charge in [-0.25, -0.2) is 17.2 Å². The molecule has 2 aromatic carbocycles. The summed E-state index contributed by atoms with van der Waals surface area (Å²) in [6, 6.07) is 9.56. The standard InChI is InChI=1S/C22H24F2N4O3S/c1-4-10-28-21(16-7-5-6-14(2)11-16)26-27-22(28)32(30,31)13-20(29)25-15(3)18-9-8-17(23)12-19(18)24/h5-9,11-12,15H,4,10,13H2,1-3H3,(H,25,29). The molecule has 0 aliphatic carbocycles. The number of hydrogen-bond donors (Lipinski definition) is 1. The van der Waals surface area contributed by atoms with Crippen molar-refractivity contribution in [1.82, 2.24) is 20.1 Å². The molecule has 0 saturated heterocycles. The third-order valence-electron chi connectivity index (χ3n) is 4.85. The summed E-state index contributed by atoms with van der Waals surface area (Å²) in [4.78, 5) is 12.4. The van der Waals surface area contributed by atoms with Gasteiger partial charge < -0.3 is 5.32 Å². The van der Waals surface area contributed by atoms with Gasteiger partial charge >= 0.3 is 0 Å². The van der Waals surface area contributed by atoms with Crippen molar-refractivity contribution in [2.45, 2.75) is 44.9 Å². The Morgan fingerprint density at radius 3 is 2.56 bits per heavy atom. The van der Waals surface area contributed by atoms with Crippen LogP contribution in [0.3, 0.4) is 0 Å². The van der Waals surface area contributed by atoms with Crippen LogP contribution >= 0.6 is 0 Å². The molecule has 1 unspecified atom stereocenters. The number of nitrogens with zero attached hydrogens (tertiary/aromatic N) is 3. The van der Waals surface area contributed by atoms with Crippen LogP contribution in [0.2, 0.25) is 0 Å². The first-order chi connectivity index (χ1) is 15.1. The Hall–Kier alpha value is -3.14. The number of carbonyl (C=O) groups is 1. The average Bonchev–Trinajstić information content (AvgIpc) is 3.12. The lowest BCUT2D eigenvalue weighted by Gasteiger charge is -2.15. The van der Waals surface area contributed by atoms with E-state index in [4.69, 9.17) is 0 Å². The highest BCUT2D eigenvalue weighted by molar-refractivity contribution is 7.92. The summed E-state index contributed by atoms with van der Waals surface area (Å²) in [5.41, 5.74) is 1.75. The van der Waals surface area contributed by atoms with E-state index in [1.54, 1.807) is 0 Å². The van der Waals surface area contributed by atoms with Crippen LogP contribution in [0.1, 0.15) is 37.4 Å². The van der Waals surface area contributed by atoms with Gasteiger partial charge in [0.2, 0.25) is 15.7 Å². The topological polar surface area (TPSA) is 93.9 Å². The number of nitrogens with one attached hydrogen (secondary N) is 1. The lowest BCUT2D eigenvalue weighted by atomic mass is 10.1. The van der Waals surface area contributed by atoms with Crippen molar-refractivity contribution in [1.29, 1.82) is 0 Å². The van der Waals surface area contributed by atoms with Gasteiger partial charge in [0.25, 0.3) is 5.16 Å². The second kappa shape index (κ2) is 9.56. The SMILES string of the molecule is CCCn1c(-c2cccc(C)c2)nnc1S(=O)(=O)CC(=O)NC(C)c1ccc(F)cc1F. The van der Waals surface area contributed by atoms with Crippen molar-refractivity contribution in [3.63, 3.8) is 0 Å². The summed E-state index contributed by atoms with van der Waals surface area (Å²) < 4.78 is 54.5. The number of rotatable bonds is 8. The lowest BCUT2D eigenvalue weighted by molar-refractivity contribution is -0.119. The van der Waals surface area contributed by atoms with E-state index in [0.717, 1.165) is 17.2 Å². The lowest BCUT2D eigenvalue weighted by Crippen LogP contribution is -2.33. The van der Waals surface area contributed by atoms with Crippen LogP contribution in [0.4, 0.5) is 8.78 Å². The number of aromatic nitrogens is 3. The van der Waals surface area contributed by atoms with E-state index in [0.29, 0.717) is 24.9 Å². The van der Waals surface area contributed by atoms with Gasteiger partial charge in [0.15, 0.2) is 5.82 Å². The predicted octanol–water partition coefficient (Wildman–Crippen LogP) is 3.59. The molecule has 170 valence electrons. The van der Waals surface area contributed by atoms with Crippen LogP contribution in [0, 0.1) is 18.6 Å². The van der Waals surface area contributed by atoms with E-state index < -0.39 is 39.2 Å². The summed E-state index contributed by atoms with van der Waals surface area (Å²) in [5.74, 6) is -2.88. The zero-order valence-corrected chi connectivity index (χ0v) is 18.8. The summed E-state index contributed by atoms with van der Waals surface area (Å²) in [6.45, 7) is 5.64. The quantitative estimate of drug-likeness (QED) is 0.552. The fourth-order valence-corrected chi connectivity index (χ4v) is 4.63. The molecule has 0 bridgehead atoms. The molecule has 3 rings (SSSR count). The van der Waals surface area contributed by atoms with Crippen LogP contribution in [0.5, 0.6) is 0 Å². The first-order valence-electron chi connectivity index (χ1n) is 10.1. The maximum Gasteiger partial charge on any atom is 0.250 e. The molecule has 0 spiro atoms. The normalized spacial score (nSPS) is 12.5. The monoisotopic (exact) mass is 462 g/mol. The number of carbonyl (C=O) groups excluding carboxylic acids is 1. The molecule has 1 heterocycles. The fourth-order valence-electron chi connectivity index (χ4n) is 3.39. The zero-order chi connectivity index (χ0) is 23.5. The van der Waals surface area contributed by atoms with Gasteiger partial charge in [-0.3, -0.25) is 9.36 Å². The molecule has 0 aliphatic heterocycles. The van der Waals surface area contributed by atoms with Crippen LogP contribution in [0.15, 0.2) is 47.6 Å². The molecular weight excluding hydrogens is 438 g/mol. The van der Waals surface area contributed by atoms with Gasteiger partial charge in [-0.1, -0.05) is 36.8 Å². The van der Waals surface area contributed by atoms with Gasteiger partial charge in [0.1, 0.15) is 17.4 Å². The fraction of sp³-hybridized carbons (Fsp3) is 0.318. The first kappa shape index (κ1) is 23.5. The Labute approximate surface area is 185 Å². The van der Waals surface area contributed by atoms with Crippen molar-refractivity contribution < 1.29 is 22.0 Å². The van der Waals surface area contributed by atoms with Crippen molar-refractivity contribution in [2.75, 3.05) is 5.75 Å². The summed E-state index contributed by atoms with van der Waals surface area (Å²) in [6.07, 6.45) is 0.631. The maximum atomic E-state index is 14.0. The summed E-state index contributed by atoms with van der Waals surface area (Å²) in [7, 11) is -4.13. The predicted molar refractivity (Wildman–Crippen MR) is 115 cm³/mol. The molecule has 32 heavy (non-hydrogen) atoms. The number of sulfone groups is 1. The molecule has 1 aromatic heterocycles. The summed E-state index contributed by atoms with van der Waals surface area (Å²) in [5, 5.41) is 10.1. The second-order valence-electron chi connectivity index (χ2n) is 7.54. The third-order valence-corrected chi connectivity index (χ3v) is 6.35. The highest BCUT2D eigenvalue weighted by Crippen LogP contribution is 2.23. The maximum absolute atomic E-state index is 14.0. The molecular formula is C22H24F2N4O3S. The summed E-state index contributed by atoms with van der Waals surface area (Å²) >= 11 is 0. The molecule has 3 aromatic rings. The zero-order valence-electron chi connectivity index (χ0n) is 18.0. The van der Waals surface area contributed by atoms with Crippen molar-refractivity contribution >= 4 is 15.7 Å². The molecule has 1 amide bonds. The van der Waals surface area contributed by atoms with E-state index in [9.17, 15) is 22.0 Å². The highest BCUT2D eigenvalue weighted by Gasteiger charge is 2.28. The van der Waals surface area contributed by atoms with E-state index in [-0.39, 0.29) is 10.7 Å². The molecule has 7 nitrogen and oxygen atoms in total. The number of benzene rings is 2.